The van der Waals surface area contributed by atoms with Crippen LogP contribution in [0.5, 0.6) is 0 Å². The van der Waals surface area contributed by atoms with Crippen molar-refractivity contribution in [2.24, 2.45) is 23.0 Å². The third-order valence-electron chi connectivity index (χ3n) is 3.33. The number of nitrogens with two attached hydrogens (primary N) is 1. The molecule has 4 nitrogen and oxygen atoms in total. The van der Waals surface area contributed by atoms with Gasteiger partial charge in [0.15, 0.2) is 0 Å². The average Bonchev–Trinajstić information content (AvgIpc) is 2.58. The van der Waals surface area contributed by atoms with Crippen molar-refractivity contribution >= 4 is 11.9 Å². The van der Waals surface area contributed by atoms with Crippen LogP contribution in [0.15, 0.2) is 0 Å². The second-order valence-electron chi connectivity index (χ2n) is 3.81. The van der Waals surface area contributed by atoms with Crippen LogP contribution in [-0.2, 0) is 9.59 Å². The first-order chi connectivity index (χ1) is 5.58. The van der Waals surface area contributed by atoms with E-state index in [1.54, 1.807) is 0 Å². The van der Waals surface area contributed by atoms with E-state index in [1.807, 2.05) is 0 Å². The Kier molecular flexibility index (Phi) is 1.26. The highest BCUT2D eigenvalue weighted by Gasteiger charge is 2.67. The summed E-state index contributed by atoms with van der Waals surface area (Å²) in [6.45, 7) is 0. The summed E-state index contributed by atoms with van der Waals surface area (Å²) in [6, 6.07) is 0. The molecule has 0 aromatic rings. The van der Waals surface area contributed by atoms with Crippen molar-refractivity contribution in [2.45, 2.75) is 19.3 Å². The first-order valence-corrected chi connectivity index (χ1v) is 4.10. The smallest absolute Gasteiger partial charge is 0.306 e. The van der Waals surface area contributed by atoms with E-state index in [-0.39, 0.29) is 17.7 Å². The molecule has 4 heteroatoms. The van der Waals surface area contributed by atoms with Crippen molar-refractivity contribution in [3.63, 3.8) is 0 Å². The van der Waals surface area contributed by atoms with Gasteiger partial charge < -0.3 is 10.8 Å². The second kappa shape index (κ2) is 2.00. The molecule has 0 aliphatic heterocycles. The highest BCUT2D eigenvalue weighted by Crippen LogP contribution is 2.65. The van der Waals surface area contributed by atoms with Gasteiger partial charge in [-0.15, -0.1) is 0 Å². The number of hydrogen-bond donors (Lipinski definition) is 2. The zero-order chi connectivity index (χ0) is 8.93. The van der Waals surface area contributed by atoms with Crippen molar-refractivity contribution in [1.29, 1.82) is 0 Å². The average molecular weight is 169 g/mol. The Labute approximate surface area is 69.7 Å². The summed E-state index contributed by atoms with van der Waals surface area (Å²) in [4.78, 5) is 21.6. The maximum atomic E-state index is 11.0. The predicted molar refractivity (Wildman–Crippen MR) is 40.1 cm³/mol. The highest BCUT2D eigenvalue weighted by molar-refractivity contribution is 5.87. The first kappa shape index (κ1) is 7.58. The van der Waals surface area contributed by atoms with E-state index in [9.17, 15) is 9.59 Å². The molecule has 0 aromatic heterocycles. The van der Waals surface area contributed by atoms with Gasteiger partial charge in [-0.05, 0) is 25.2 Å². The molecule has 0 saturated heterocycles. The minimum atomic E-state index is -0.777. The van der Waals surface area contributed by atoms with E-state index in [1.165, 1.54) is 0 Å². The number of primary amides is 1. The molecule has 1 amide bonds. The SMILES string of the molecule is NC(=O)C12CCC(C(=O)O)C1C2. The molecule has 3 N–H and O–H groups in total. The van der Waals surface area contributed by atoms with Gasteiger partial charge in [0.25, 0.3) is 0 Å². The van der Waals surface area contributed by atoms with E-state index in [0.717, 1.165) is 0 Å². The lowest BCUT2D eigenvalue weighted by Crippen LogP contribution is -2.24. The molecule has 2 aliphatic rings. The molecule has 12 heavy (non-hydrogen) atoms. The van der Waals surface area contributed by atoms with Crippen LogP contribution in [0.3, 0.4) is 0 Å². The van der Waals surface area contributed by atoms with Crippen molar-refractivity contribution in [3.8, 4) is 0 Å². The van der Waals surface area contributed by atoms with E-state index in [2.05, 4.69) is 0 Å². The Morgan fingerprint density at radius 2 is 2.17 bits per heavy atom. The lowest BCUT2D eigenvalue weighted by Gasteiger charge is -2.02. The Morgan fingerprint density at radius 3 is 2.42 bits per heavy atom. The van der Waals surface area contributed by atoms with E-state index in [4.69, 9.17) is 10.8 Å². The molecule has 0 bridgehead atoms. The topological polar surface area (TPSA) is 80.4 Å². The van der Waals surface area contributed by atoms with Gasteiger partial charge in [0.2, 0.25) is 5.91 Å². The molecular formula is C8H11NO3. The summed E-state index contributed by atoms with van der Waals surface area (Å²) in [7, 11) is 0. The third kappa shape index (κ3) is 0.722. The highest BCUT2D eigenvalue weighted by atomic mass is 16.4. The number of carbonyl (C=O) groups excluding carboxylic acids is 1. The van der Waals surface area contributed by atoms with Gasteiger partial charge in [-0.3, -0.25) is 9.59 Å². The summed E-state index contributed by atoms with van der Waals surface area (Å²) in [5, 5.41) is 8.75. The van der Waals surface area contributed by atoms with Crippen molar-refractivity contribution in [3.05, 3.63) is 0 Å². The Morgan fingerprint density at radius 1 is 1.50 bits per heavy atom. The maximum absolute atomic E-state index is 11.0. The van der Waals surface area contributed by atoms with Gasteiger partial charge in [0.05, 0.1) is 11.3 Å². The normalized spacial score (nSPS) is 43.7. The molecule has 0 spiro atoms. The number of carbonyl (C=O) groups is 2. The monoisotopic (exact) mass is 169 g/mol. The Balaban J connectivity index is 2.15. The van der Waals surface area contributed by atoms with Crippen LogP contribution < -0.4 is 5.73 Å². The van der Waals surface area contributed by atoms with Crippen LogP contribution >= 0.6 is 0 Å². The van der Waals surface area contributed by atoms with Crippen LogP contribution in [0.25, 0.3) is 0 Å². The molecule has 2 aliphatic carbocycles. The number of hydrogen-bond acceptors (Lipinski definition) is 2. The maximum Gasteiger partial charge on any atom is 0.306 e. The van der Waals surface area contributed by atoms with E-state index in [0.29, 0.717) is 19.3 Å². The standard InChI is InChI=1S/C8H11NO3/c9-7(12)8-2-1-4(6(10)11)5(8)3-8/h4-5H,1-3H2,(H2,9,12)(H,10,11). The number of carboxylic acid groups (broad SMARTS) is 1. The fraction of sp³-hybridized carbons (Fsp3) is 0.750. The van der Waals surface area contributed by atoms with Crippen LogP contribution in [0.2, 0.25) is 0 Å². The molecule has 3 unspecified atom stereocenters. The van der Waals surface area contributed by atoms with Gasteiger partial charge >= 0.3 is 5.97 Å². The fourth-order valence-electron chi connectivity index (χ4n) is 2.46. The molecule has 2 fully saturated rings. The summed E-state index contributed by atoms with van der Waals surface area (Å²) < 4.78 is 0. The lowest BCUT2D eigenvalue weighted by atomic mass is 10.0. The first-order valence-electron chi connectivity index (χ1n) is 4.10. The van der Waals surface area contributed by atoms with Gasteiger partial charge in [-0.2, -0.15) is 0 Å². The molecule has 0 heterocycles. The quantitative estimate of drug-likeness (QED) is 0.609. The van der Waals surface area contributed by atoms with Gasteiger partial charge in [0, 0.05) is 0 Å². The van der Waals surface area contributed by atoms with Crippen molar-refractivity contribution in [2.75, 3.05) is 0 Å². The number of aliphatic carboxylic acids is 1. The minimum absolute atomic E-state index is 0.0347. The van der Waals surface area contributed by atoms with Crippen LogP contribution in [-0.4, -0.2) is 17.0 Å². The molecular weight excluding hydrogens is 158 g/mol. The molecule has 0 radical (unpaired) electrons. The summed E-state index contributed by atoms with van der Waals surface area (Å²) in [5.74, 6) is -1.37. The molecule has 66 valence electrons. The molecule has 0 aromatic carbocycles. The Bertz CT molecular complexity index is 263. The minimum Gasteiger partial charge on any atom is -0.481 e. The summed E-state index contributed by atoms with van der Waals surface area (Å²) in [5.41, 5.74) is 4.78. The fourth-order valence-corrected chi connectivity index (χ4v) is 2.46. The van der Waals surface area contributed by atoms with Gasteiger partial charge in [0.1, 0.15) is 0 Å². The van der Waals surface area contributed by atoms with E-state index < -0.39 is 11.4 Å². The van der Waals surface area contributed by atoms with Crippen LogP contribution in [0, 0.1) is 17.3 Å². The number of fused-ring (bicyclic) bond motifs is 1. The number of carboxylic acids is 1. The van der Waals surface area contributed by atoms with Crippen LogP contribution in [0.4, 0.5) is 0 Å². The zero-order valence-electron chi connectivity index (χ0n) is 6.62. The second-order valence-corrected chi connectivity index (χ2v) is 3.81. The molecule has 2 saturated carbocycles. The van der Waals surface area contributed by atoms with E-state index >= 15 is 0 Å². The number of rotatable bonds is 2. The largest absolute Gasteiger partial charge is 0.481 e. The predicted octanol–water partition coefficient (Wildman–Crippen LogP) is -0.0274. The van der Waals surface area contributed by atoms with Crippen LogP contribution in [0.1, 0.15) is 19.3 Å². The molecule has 2 rings (SSSR count). The van der Waals surface area contributed by atoms with Crippen molar-refractivity contribution < 1.29 is 14.7 Å². The summed E-state index contributed by atoms with van der Waals surface area (Å²) >= 11 is 0. The Hall–Kier alpha value is -1.06. The molecule has 3 atom stereocenters. The lowest BCUT2D eigenvalue weighted by molar-refractivity contribution is -0.142. The zero-order valence-corrected chi connectivity index (χ0v) is 6.62. The van der Waals surface area contributed by atoms with Gasteiger partial charge in [-0.1, -0.05) is 0 Å². The third-order valence-corrected chi connectivity index (χ3v) is 3.33. The van der Waals surface area contributed by atoms with Gasteiger partial charge in [-0.25, -0.2) is 0 Å². The summed E-state index contributed by atoms with van der Waals surface area (Å²) in [6.07, 6.45) is 1.98. The van der Waals surface area contributed by atoms with Crippen molar-refractivity contribution in [1.82, 2.24) is 0 Å². The number of amides is 1.